The zero-order valence-electron chi connectivity index (χ0n) is 50.2. The number of rotatable bonds is 57. The summed E-state index contributed by atoms with van der Waals surface area (Å²) in [6, 6.07) is 0. The third-order valence-corrected chi connectivity index (χ3v) is 13.4. The Morgan fingerprint density at radius 3 is 0.857 bits per heavy atom. The highest BCUT2D eigenvalue weighted by molar-refractivity contribution is 5.71. The van der Waals surface area contributed by atoms with E-state index in [1.807, 2.05) is 12.2 Å². The van der Waals surface area contributed by atoms with Crippen LogP contribution in [0.3, 0.4) is 0 Å². The van der Waals surface area contributed by atoms with Crippen LogP contribution in [0, 0.1) is 0 Å². The summed E-state index contributed by atoms with van der Waals surface area (Å²) in [4.78, 5) is 38.1. The molecule has 0 saturated heterocycles. The maximum atomic E-state index is 12.8. The summed E-state index contributed by atoms with van der Waals surface area (Å²) < 4.78 is 16.8. The number of carbonyl (C=O) groups excluding carboxylic acids is 3. The van der Waals surface area contributed by atoms with Crippen LogP contribution in [0.1, 0.15) is 290 Å². The zero-order valence-corrected chi connectivity index (χ0v) is 50.2. The van der Waals surface area contributed by atoms with Crippen LogP contribution in [-0.2, 0) is 28.6 Å². The third-order valence-electron chi connectivity index (χ3n) is 13.4. The van der Waals surface area contributed by atoms with Gasteiger partial charge in [-0.3, -0.25) is 14.4 Å². The Bertz CT molecular complexity index is 1600. The molecule has 0 radical (unpaired) electrons. The van der Waals surface area contributed by atoms with Crippen molar-refractivity contribution in [1.82, 2.24) is 0 Å². The average Bonchev–Trinajstić information content (AvgIpc) is 3.43. The Labute approximate surface area is 475 Å². The van der Waals surface area contributed by atoms with Gasteiger partial charge in [0.25, 0.3) is 0 Å². The first-order valence-electron chi connectivity index (χ1n) is 32.0. The first-order chi connectivity index (χ1) is 38.0. The Hall–Kier alpha value is -4.19. The van der Waals surface area contributed by atoms with Crippen molar-refractivity contribution >= 4 is 17.9 Å². The summed E-state index contributed by atoms with van der Waals surface area (Å²) in [5.41, 5.74) is 0. The van der Waals surface area contributed by atoms with Gasteiger partial charge in [-0.05, 0) is 109 Å². The van der Waals surface area contributed by atoms with Crippen LogP contribution in [0.2, 0.25) is 0 Å². The highest BCUT2D eigenvalue weighted by Gasteiger charge is 2.19. The largest absolute Gasteiger partial charge is 0.462 e. The number of unbranched alkanes of at least 4 members (excludes halogenated alkanes) is 26. The molecule has 438 valence electrons. The van der Waals surface area contributed by atoms with E-state index >= 15 is 0 Å². The minimum absolute atomic E-state index is 0.108. The van der Waals surface area contributed by atoms with E-state index in [-0.39, 0.29) is 31.6 Å². The minimum Gasteiger partial charge on any atom is -0.462 e. The fraction of sp³-hybridized carbons (Fsp3) is 0.676. The van der Waals surface area contributed by atoms with Gasteiger partial charge in [0, 0.05) is 19.3 Å². The van der Waals surface area contributed by atoms with Crippen LogP contribution < -0.4 is 0 Å². The number of esters is 3. The lowest BCUT2D eigenvalue weighted by Gasteiger charge is -2.18. The van der Waals surface area contributed by atoms with Gasteiger partial charge in [-0.2, -0.15) is 0 Å². The topological polar surface area (TPSA) is 78.9 Å². The van der Waals surface area contributed by atoms with E-state index in [9.17, 15) is 14.4 Å². The molecule has 6 heteroatoms. The normalized spacial score (nSPS) is 12.9. The molecule has 0 saturated carbocycles. The maximum absolute atomic E-state index is 12.8. The van der Waals surface area contributed by atoms with Crippen molar-refractivity contribution in [1.29, 1.82) is 0 Å². The highest BCUT2D eigenvalue weighted by atomic mass is 16.6. The number of ether oxygens (including phenoxy) is 3. The standard InChI is InChI=1S/C71H118O6/c1-4-7-10-13-16-19-22-24-25-26-27-28-29-30-31-32-33-34-35-36-37-38-39-40-41-42-43-44-45-47-49-52-55-58-61-64-70(73)76-67-68(66-75-69(72)63-60-57-54-51-48-21-18-15-12-9-6-3)77-71(74)65-62-59-56-53-50-46-23-20-17-14-11-8-5-2/h7-8,10-11,15-20,24-25,27-28,30-31,46,50,56,59,68H,4-6,9,12-14,21-23,26,29,32-45,47-49,51-55,57-58,60-67H2,1-3H3/b10-7-,11-8-,18-15-,19-16-,20-17-,25-24-,28-27-,31-30-,50-46-,59-56-. The van der Waals surface area contributed by atoms with E-state index in [0.717, 1.165) is 109 Å². The molecule has 0 N–H and O–H groups in total. The molecule has 77 heavy (non-hydrogen) atoms. The smallest absolute Gasteiger partial charge is 0.306 e. The Kier molecular flexibility index (Phi) is 60.8. The lowest BCUT2D eigenvalue weighted by Crippen LogP contribution is -2.30. The molecule has 0 aromatic heterocycles. The van der Waals surface area contributed by atoms with Gasteiger partial charge < -0.3 is 14.2 Å². The van der Waals surface area contributed by atoms with Crippen LogP contribution in [0.5, 0.6) is 0 Å². The van der Waals surface area contributed by atoms with Crippen LogP contribution >= 0.6 is 0 Å². The highest BCUT2D eigenvalue weighted by Crippen LogP contribution is 2.16. The van der Waals surface area contributed by atoms with Crippen LogP contribution in [0.25, 0.3) is 0 Å². The van der Waals surface area contributed by atoms with E-state index in [2.05, 4.69) is 130 Å². The summed E-state index contributed by atoms with van der Waals surface area (Å²) >= 11 is 0. The molecule has 0 heterocycles. The molecule has 6 nitrogen and oxygen atoms in total. The summed E-state index contributed by atoms with van der Waals surface area (Å²) in [6.45, 7) is 6.31. The molecule has 0 amide bonds. The first kappa shape index (κ1) is 72.8. The van der Waals surface area contributed by atoms with Gasteiger partial charge in [-0.25, -0.2) is 0 Å². The van der Waals surface area contributed by atoms with Gasteiger partial charge in [-0.1, -0.05) is 284 Å². The molecule has 1 atom stereocenters. The summed E-state index contributed by atoms with van der Waals surface area (Å²) in [5, 5.41) is 0. The molecule has 0 fully saturated rings. The second-order valence-corrected chi connectivity index (χ2v) is 20.9. The van der Waals surface area contributed by atoms with Crippen molar-refractivity contribution in [3.8, 4) is 0 Å². The predicted molar refractivity (Wildman–Crippen MR) is 334 cm³/mol. The number of carbonyl (C=O) groups is 3. The Balaban J connectivity index is 4.09. The van der Waals surface area contributed by atoms with E-state index in [1.165, 1.54) is 135 Å². The lowest BCUT2D eigenvalue weighted by molar-refractivity contribution is -0.166. The second kappa shape index (κ2) is 64.3. The van der Waals surface area contributed by atoms with Crippen molar-refractivity contribution in [2.75, 3.05) is 13.2 Å². The van der Waals surface area contributed by atoms with Crippen molar-refractivity contribution in [3.63, 3.8) is 0 Å². The Morgan fingerprint density at radius 1 is 0.273 bits per heavy atom. The van der Waals surface area contributed by atoms with Crippen molar-refractivity contribution in [3.05, 3.63) is 122 Å². The molecule has 0 rings (SSSR count). The molecular formula is C71H118O6. The summed E-state index contributed by atoms with van der Waals surface area (Å²) in [6.07, 6.45) is 89.7. The summed E-state index contributed by atoms with van der Waals surface area (Å²) in [7, 11) is 0. The van der Waals surface area contributed by atoms with Crippen molar-refractivity contribution < 1.29 is 28.6 Å². The lowest BCUT2D eigenvalue weighted by atomic mass is 10.0. The van der Waals surface area contributed by atoms with Crippen molar-refractivity contribution in [2.24, 2.45) is 0 Å². The van der Waals surface area contributed by atoms with Crippen LogP contribution in [-0.4, -0.2) is 37.2 Å². The predicted octanol–water partition coefficient (Wildman–Crippen LogP) is 22.0. The van der Waals surface area contributed by atoms with Gasteiger partial charge in [0.05, 0.1) is 0 Å². The van der Waals surface area contributed by atoms with E-state index < -0.39 is 12.1 Å². The van der Waals surface area contributed by atoms with Crippen LogP contribution in [0.4, 0.5) is 0 Å². The monoisotopic (exact) mass is 1070 g/mol. The average molecular weight is 1070 g/mol. The fourth-order valence-corrected chi connectivity index (χ4v) is 8.70. The van der Waals surface area contributed by atoms with E-state index in [1.54, 1.807) is 0 Å². The number of allylic oxidation sites excluding steroid dienone is 20. The second-order valence-electron chi connectivity index (χ2n) is 20.9. The van der Waals surface area contributed by atoms with Crippen LogP contribution in [0.15, 0.2) is 122 Å². The van der Waals surface area contributed by atoms with Gasteiger partial charge in [0.1, 0.15) is 13.2 Å². The fourth-order valence-electron chi connectivity index (χ4n) is 8.70. The molecule has 0 aliphatic heterocycles. The van der Waals surface area contributed by atoms with E-state index in [4.69, 9.17) is 14.2 Å². The molecule has 0 aliphatic carbocycles. The molecule has 0 aromatic carbocycles. The van der Waals surface area contributed by atoms with Gasteiger partial charge in [0.15, 0.2) is 6.10 Å². The van der Waals surface area contributed by atoms with Gasteiger partial charge in [0.2, 0.25) is 0 Å². The van der Waals surface area contributed by atoms with Gasteiger partial charge in [-0.15, -0.1) is 0 Å². The first-order valence-corrected chi connectivity index (χ1v) is 32.0. The minimum atomic E-state index is -0.819. The van der Waals surface area contributed by atoms with Gasteiger partial charge >= 0.3 is 17.9 Å². The molecule has 1 unspecified atom stereocenters. The molecule has 0 bridgehead atoms. The maximum Gasteiger partial charge on any atom is 0.306 e. The summed E-state index contributed by atoms with van der Waals surface area (Å²) in [5.74, 6) is -0.997. The Morgan fingerprint density at radius 2 is 0.532 bits per heavy atom. The SMILES string of the molecule is CC/C=C\C/C=C\C/C=C\C/C=C\C/C=C\CCCCCCCCCCCCCCCCCCCCCC(=O)OCC(COC(=O)CCCCCCC/C=C\CCCC)OC(=O)CC/C=C\C/C=C\C/C=C\C/C=C\CC. The molecular weight excluding hydrogens is 949 g/mol. The molecule has 0 aromatic rings. The number of hydrogen-bond acceptors (Lipinski definition) is 6. The zero-order chi connectivity index (χ0) is 55.7. The van der Waals surface area contributed by atoms with E-state index in [0.29, 0.717) is 19.3 Å². The van der Waals surface area contributed by atoms with Crippen molar-refractivity contribution in [2.45, 2.75) is 297 Å². The third kappa shape index (κ3) is 62.5. The molecule has 0 aliphatic rings. The quantitative estimate of drug-likeness (QED) is 0.0261. The molecule has 0 spiro atoms. The number of hydrogen-bond donors (Lipinski definition) is 0.